The van der Waals surface area contributed by atoms with Crippen molar-refractivity contribution in [3.05, 3.63) is 34.9 Å². The summed E-state index contributed by atoms with van der Waals surface area (Å²) in [5, 5.41) is 0. The smallest absolute Gasteiger partial charge is 0.148 e. The van der Waals surface area contributed by atoms with Crippen LogP contribution in [0, 0.1) is 13.8 Å². The molecule has 0 heterocycles. The van der Waals surface area contributed by atoms with Crippen LogP contribution in [0.4, 0.5) is 4.39 Å². The fourth-order valence-corrected chi connectivity index (χ4v) is 1.51. The van der Waals surface area contributed by atoms with Gasteiger partial charge >= 0.3 is 0 Å². The van der Waals surface area contributed by atoms with Gasteiger partial charge in [0.05, 0.1) is 0 Å². The van der Waals surface area contributed by atoms with Crippen LogP contribution in [0.1, 0.15) is 30.5 Å². The number of hydrogen-bond acceptors (Lipinski definition) is 1. The van der Waals surface area contributed by atoms with E-state index >= 15 is 0 Å². The van der Waals surface area contributed by atoms with E-state index in [0.717, 1.165) is 11.1 Å². The van der Waals surface area contributed by atoms with Gasteiger partial charge in [0.25, 0.3) is 0 Å². The Balaban J connectivity index is 3.24. The van der Waals surface area contributed by atoms with E-state index in [2.05, 4.69) is 0 Å². The molecular formula is C12H18FN. The first kappa shape index (κ1) is 11.2. The maximum Gasteiger partial charge on any atom is 0.148 e. The lowest BCUT2D eigenvalue weighted by molar-refractivity contribution is 0.157. The van der Waals surface area contributed by atoms with Crippen molar-refractivity contribution in [2.24, 2.45) is 5.73 Å². The predicted molar refractivity (Wildman–Crippen MR) is 58.0 cm³/mol. The van der Waals surface area contributed by atoms with Crippen LogP contribution in [0.5, 0.6) is 0 Å². The SMILES string of the molecule is Cc1ccc(C)c(C(C)(F)C(C)N)c1. The molecule has 0 aliphatic rings. The third kappa shape index (κ3) is 1.95. The van der Waals surface area contributed by atoms with Gasteiger partial charge in [0.1, 0.15) is 5.67 Å². The lowest BCUT2D eigenvalue weighted by Gasteiger charge is -2.27. The zero-order valence-electron chi connectivity index (χ0n) is 9.26. The lowest BCUT2D eigenvalue weighted by atomic mass is 9.87. The van der Waals surface area contributed by atoms with Gasteiger partial charge in [-0.3, -0.25) is 0 Å². The highest BCUT2D eigenvalue weighted by molar-refractivity contribution is 5.35. The second kappa shape index (κ2) is 3.70. The van der Waals surface area contributed by atoms with E-state index in [1.165, 1.54) is 0 Å². The summed E-state index contributed by atoms with van der Waals surface area (Å²) in [6.45, 7) is 7.11. The summed E-state index contributed by atoms with van der Waals surface area (Å²) >= 11 is 0. The molecule has 0 radical (unpaired) electrons. The average Bonchev–Trinajstić information content (AvgIpc) is 2.08. The number of hydrogen-bond donors (Lipinski definition) is 1. The second-order valence-electron chi connectivity index (χ2n) is 4.18. The number of aryl methyl sites for hydroxylation is 2. The monoisotopic (exact) mass is 195 g/mol. The van der Waals surface area contributed by atoms with E-state index in [0.29, 0.717) is 5.56 Å². The molecule has 1 nitrogen and oxygen atoms in total. The van der Waals surface area contributed by atoms with Gasteiger partial charge in [0, 0.05) is 6.04 Å². The van der Waals surface area contributed by atoms with Crippen molar-refractivity contribution in [1.82, 2.24) is 0 Å². The van der Waals surface area contributed by atoms with Crippen LogP contribution in [0.2, 0.25) is 0 Å². The Labute approximate surface area is 85.1 Å². The van der Waals surface area contributed by atoms with Gasteiger partial charge in [-0.1, -0.05) is 23.8 Å². The Kier molecular flexibility index (Phi) is 2.95. The number of nitrogens with two attached hydrogens (primary N) is 1. The van der Waals surface area contributed by atoms with Gasteiger partial charge in [0.2, 0.25) is 0 Å². The summed E-state index contributed by atoms with van der Waals surface area (Å²) in [7, 11) is 0. The van der Waals surface area contributed by atoms with Gasteiger partial charge in [-0.05, 0) is 38.8 Å². The molecular weight excluding hydrogens is 177 g/mol. The normalized spacial score (nSPS) is 17.6. The minimum Gasteiger partial charge on any atom is -0.325 e. The van der Waals surface area contributed by atoms with E-state index in [4.69, 9.17) is 5.73 Å². The van der Waals surface area contributed by atoms with Gasteiger partial charge in [-0.15, -0.1) is 0 Å². The molecule has 0 aliphatic heterocycles. The minimum absolute atomic E-state index is 0.497. The van der Waals surface area contributed by atoms with Crippen molar-refractivity contribution in [1.29, 1.82) is 0 Å². The molecule has 0 spiro atoms. The zero-order valence-corrected chi connectivity index (χ0v) is 9.26. The van der Waals surface area contributed by atoms with Crippen LogP contribution in [0.25, 0.3) is 0 Å². The first-order valence-corrected chi connectivity index (χ1v) is 4.88. The van der Waals surface area contributed by atoms with Crippen LogP contribution in [-0.4, -0.2) is 6.04 Å². The van der Waals surface area contributed by atoms with Crippen LogP contribution in [-0.2, 0) is 5.67 Å². The molecule has 2 atom stereocenters. The van der Waals surface area contributed by atoms with Crippen molar-refractivity contribution in [2.75, 3.05) is 0 Å². The highest BCUT2D eigenvalue weighted by atomic mass is 19.1. The summed E-state index contributed by atoms with van der Waals surface area (Å²) in [5.74, 6) is 0. The Morgan fingerprint density at radius 1 is 1.36 bits per heavy atom. The van der Waals surface area contributed by atoms with Crippen molar-refractivity contribution in [3.63, 3.8) is 0 Å². The molecule has 1 rings (SSSR count). The first-order valence-electron chi connectivity index (χ1n) is 4.88. The molecule has 0 saturated carbocycles. The highest BCUT2D eigenvalue weighted by Gasteiger charge is 2.31. The molecule has 0 saturated heterocycles. The van der Waals surface area contributed by atoms with E-state index in [9.17, 15) is 4.39 Å². The maximum absolute atomic E-state index is 14.3. The van der Waals surface area contributed by atoms with E-state index < -0.39 is 11.7 Å². The fourth-order valence-electron chi connectivity index (χ4n) is 1.51. The van der Waals surface area contributed by atoms with Crippen LogP contribution >= 0.6 is 0 Å². The molecule has 0 fully saturated rings. The molecule has 0 aromatic heterocycles. The Morgan fingerprint density at radius 2 is 1.93 bits per heavy atom. The molecule has 2 unspecified atom stereocenters. The molecule has 0 bridgehead atoms. The van der Waals surface area contributed by atoms with E-state index in [1.54, 1.807) is 13.8 Å². The molecule has 14 heavy (non-hydrogen) atoms. The Bertz CT molecular complexity index is 329. The fraction of sp³-hybridized carbons (Fsp3) is 0.500. The quantitative estimate of drug-likeness (QED) is 0.771. The summed E-state index contributed by atoms with van der Waals surface area (Å²) in [6, 6.07) is 5.29. The number of benzene rings is 1. The van der Waals surface area contributed by atoms with Crippen molar-refractivity contribution in [2.45, 2.75) is 39.4 Å². The van der Waals surface area contributed by atoms with Crippen molar-refractivity contribution < 1.29 is 4.39 Å². The van der Waals surface area contributed by atoms with Crippen LogP contribution in [0.3, 0.4) is 0 Å². The van der Waals surface area contributed by atoms with Gasteiger partial charge in [-0.25, -0.2) is 4.39 Å². The average molecular weight is 195 g/mol. The molecule has 2 heteroatoms. The highest BCUT2D eigenvalue weighted by Crippen LogP contribution is 2.31. The first-order chi connectivity index (χ1) is 6.35. The van der Waals surface area contributed by atoms with Crippen LogP contribution < -0.4 is 5.73 Å². The largest absolute Gasteiger partial charge is 0.325 e. The third-order valence-electron chi connectivity index (χ3n) is 2.77. The number of halogens is 1. The topological polar surface area (TPSA) is 26.0 Å². The maximum atomic E-state index is 14.3. The van der Waals surface area contributed by atoms with Crippen LogP contribution in [0.15, 0.2) is 18.2 Å². The zero-order chi connectivity index (χ0) is 10.9. The predicted octanol–water partition coefficient (Wildman–Crippen LogP) is 2.84. The van der Waals surface area contributed by atoms with Gasteiger partial charge < -0.3 is 5.73 Å². The van der Waals surface area contributed by atoms with Crippen molar-refractivity contribution >= 4 is 0 Å². The second-order valence-corrected chi connectivity index (χ2v) is 4.18. The molecule has 0 aliphatic carbocycles. The number of rotatable bonds is 2. The number of alkyl halides is 1. The van der Waals surface area contributed by atoms with E-state index in [1.807, 2.05) is 32.0 Å². The molecule has 0 amide bonds. The van der Waals surface area contributed by atoms with Gasteiger partial charge in [-0.2, -0.15) is 0 Å². The summed E-state index contributed by atoms with van der Waals surface area (Å²) in [6.07, 6.45) is 0. The third-order valence-corrected chi connectivity index (χ3v) is 2.77. The summed E-state index contributed by atoms with van der Waals surface area (Å²) < 4.78 is 14.3. The minimum atomic E-state index is -1.45. The van der Waals surface area contributed by atoms with Gasteiger partial charge in [0.15, 0.2) is 0 Å². The Morgan fingerprint density at radius 3 is 2.43 bits per heavy atom. The van der Waals surface area contributed by atoms with E-state index in [-0.39, 0.29) is 0 Å². The standard InChI is InChI=1S/C12H18FN/c1-8-5-6-9(2)11(7-8)12(4,13)10(3)14/h5-7,10H,14H2,1-4H3. The molecule has 1 aromatic rings. The summed E-state index contributed by atoms with van der Waals surface area (Å²) in [4.78, 5) is 0. The molecule has 2 N–H and O–H groups in total. The molecule has 78 valence electrons. The Hall–Kier alpha value is -0.890. The summed E-state index contributed by atoms with van der Waals surface area (Å²) in [5.41, 5.74) is 6.92. The van der Waals surface area contributed by atoms with Crippen molar-refractivity contribution in [3.8, 4) is 0 Å². The molecule has 1 aromatic carbocycles. The lowest BCUT2D eigenvalue weighted by Crippen LogP contribution is -2.37.